The minimum Gasteiger partial charge on any atom is -0.507 e. The predicted molar refractivity (Wildman–Crippen MR) is 76.8 cm³/mol. The first-order valence-electron chi connectivity index (χ1n) is 6.12. The van der Waals surface area contributed by atoms with Crippen LogP contribution in [0.4, 0.5) is 0 Å². The SMILES string of the molecule is CC(=NNC(=O)c1ccncc1)c1cc(C)ccc1O. The van der Waals surface area contributed by atoms with Crippen LogP contribution in [0.1, 0.15) is 28.4 Å². The Hall–Kier alpha value is -2.69. The Bertz CT molecular complexity index is 651. The van der Waals surface area contributed by atoms with Crippen molar-refractivity contribution in [3.8, 4) is 5.75 Å². The Morgan fingerprint density at radius 1 is 1.25 bits per heavy atom. The molecule has 1 aromatic heterocycles. The molecule has 0 unspecified atom stereocenters. The summed E-state index contributed by atoms with van der Waals surface area (Å²) in [5, 5.41) is 13.8. The number of hydrogen-bond donors (Lipinski definition) is 2. The monoisotopic (exact) mass is 269 g/mol. The second-order valence-corrected chi connectivity index (χ2v) is 4.39. The van der Waals surface area contributed by atoms with Gasteiger partial charge in [0.2, 0.25) is 0 Å². The van der Waals surface area contributed by atoms with E-state index in [1.807, 2.05) is 19.1 Å². The van der Waals surface area contributed by atoms with Crippen molar-refractivity contribution in [1.82, 2.24) is 10.4 Å². The van der Waals surface area contributed by atoms with Crippen LogP contribution in [0.5, 0.6) is 5.75 Å². The van der Waals surface area contributed by atoms with Crippen molar-refractivity contribution in [1.29, 1.82) is 0 Å². The van der Waals surface area contributed by atoms with Crippen molar-refractivity contribution in [3.05, 3.63) is 59.4 Å². The molecule has 0 radical (unpaired) electrons. The fourth-order valence-corrected chi connectivity index (χ4v) is 1.70. The Labute approximate surface area is 117 Å². The summed E-state index contributed by atoms with van der Waals surface area (Å²) in [4.78, 5) is 15.7. The van der Waals surface area contributed by atoms with E-state index in [0.717, 1.165) is 5.56 Å². The van der Waals surface area contributed by atoms with Gasteiger partial charge < -0.3 is 5.11 Å². The Morgan fingerprint density at radius 2 is 1.95 bits per heavy atom. The van der Waals surface area contributed by atoms with Crippen LogP contribution in [0.25, 0.3) is 0 Å². The molecule has 0 spiro atoms. The number of pyridine rings is 1. The van der Waals surface area contributed by atoms with Gasteiger partial charge in [-0.15, -0.1) is 0 Å². The molecule has 102 valence electrons. The van der Waals surface area contributed by atoms with E-state index in [0.29, 0.717) is 16.8 Å². The maximum atomic E-state index is 11.8. The fraction of sp³-hybridized carbons (Fsp3) is 0.133. The van der Waals surface area contributed by atoms with E-state index in [-0.39, 0.29) is 11.7 Å². The molecule has 5 heteroatoms. The van der Waals surface area contributed by atoms with Crippen LogP contribution in [-0.2, 0) is 0 Å². The van der Waals surface area contributed by atoms with Gasteiger partial charge >= 0.3 is 0 Å². The Balaban J connectivity index is 2.15. The van der Waals surface area contributed by atoms with Gasteiger partial charge in [0.15, 0.2) is 0 Å². The van der Waals surface area contributed by atoms with Crippen molar-refractivity contribution >= 4 is 11.6 Å². The molecule has 0 aliphatic heterocycles. The standard InChI is InChI=1S/C15H15N3O2/c1-10-3-4-14(19)13(9-10)11(2)17-18-15(20)12-5-7-16-8-6-12/h3-9,19H,1-2H3,(H,18,20). The Kier molecular flexibility index (Phi) is 4.10. The minimum atomic E-state index is -0.320. The third-order valence-corrected chi connectivity index (χ3v) is 2.81. The highest BCUT2D eigenvalue weighted by Gasteiger charge is 2.07. The number of hydrogen-bond acceptors (Lipinski definition) is 4. The lowest BCUT2D eigenvalue weighted by molar-refractivity contribution is 0.0954. The molecule has 0 bridgehead atoms. The van der Waals surface area contributed by atoms with Crippen LogP contribution in [0.3, 0.4) is 0 Å². The van der Waals surface area contributed by atoms with Crippen molar-refractivity contribution in [2.75, 3.05) is 0 Å². The molecule has 2 N–H and O–H groups in total. The van der Waals surface area contributed by atoms with Gasteiger partial charge in [-0.2, -0.15) is 5.10 Å². The van der Waals surface area contributed by atoms with Gasteiger partial charge in [-0.05, 0) is 38.1 Å². The number of rotatable bonds is 3. The van der Waals surface area contributed by atoms with E-state index in [1.165, 1.54) is 12.4 Å². The first kappa shape index (κ1) is 13.7. The van der Waals surface area contributed by atoms with E-state index in [4.69, 9.17) is 0 Å². The van der Waals surface area contributed by atoms with Gasteiger partial charge in [0.1, 0.15) is 5.75 Å². The lowest BCUT2D eigenvalue weighted by Gasteiger charge is -2.06. The number of hydrazone groups is 1. The average molecular weight is 269 g/mol. The summed E-state index contributed by atoms with van der Waals surface area (Å²) in [6.45, 7) is 3.65. The molecule has 5 nitrogen and oxygen atoms in total. The highest BCUT2D eigenvalue weighted by molar-refractivity contribution is 6.02. The van der Waals surface area contributed by atoms with Crippen LogP contribution in [0.15, 0.2) is 47.8 Å². The summed E-state index contributed by atoms with van der Waals surface area (Å²) >= 11 is 0. The largest absolute Gasteiger partial charge is 0.507 e. The maximum absolute atomic E-state index is 11.8. The van der Waals surface area contributed by atoms with E-state index in [2.05, 4.69) is 15.5 Å². The molecule has 0 saturated heterocycles. The second kappa shape index (κ2) is 5.97. The molecular weight excluding hydrogens is 254 g/mol. The van der Waals surface area contributed by atoms with E-state index in [1.54, 1.807) is 25.1 Å². The van der Waals surface area contributed by atoms with Crippen LogP contribution >= 0.6 is 0 Å². The van der Waals surface area contributed by atoms with Crippen LogP contribution in [0, 0.1) is 6.92 Å². The summed E-state index contributed by atoms with van der Waals surface area (Å²) in [5.41, 5.74) is 5.07. The quantitative estimate of drug-likeness (QED) is 0.663. The van der Waals surface area contributed by atoms with Crippen molar-refractivity contribution < 1.29 is 9.90 Å². The molecule has 1 heterocycles. The number of carbonyl (C=O) groups is 1. The van der Waals surface area contributed by atoms with Crippen molar-refractivity contribution in [2.24, 2.45) is 5.10 Å². The molecule has 20 heavy (non-hydrogen) atoms. The van der Waals surface area contributed by atoms with Gasteiger partial charge in [0, 0.05) is 23.5 Å². The number of aromatic hydroxyl groups is 1. The number of aryl methyl sites for hydroxylation is 1. The lowest BCUT2D eigenvalue weighted by Crippen LogP contribution is -2.19. The summed E-state index contributed by atoms with van der Waals surface area (Å²) in [5.74, 6) is -0.186. The maximum Gasteiger partial charge on any atom is 0.271 e. The Morgan fingerprint density at radius 3 is 2.65 bits per heavy atom. The summed E-state index contributed by atoms with van der Waals surface area (Å²) in [6.07, 6.45) is 3.08. The summed E-state index contributed by atoms with van der Waals surface area (Å²) < 4.78 is 0. The second-order valence-electron chi connectivity index (χ2n) is 4.39. The summed E-state index contributed by atoms with van der Waals surface area (Å²) in [7, 11) is 0. The minimum absolute atomic E-state index is 0.134. The third kappa shape index (κ3) is 3.20. The molecule has 0 saturated carbocycles. The first-order chi connectivity index (χ1) is 9.58. The number of benzene rings is 1. The first-order valence-corrected chi connectivity index (χ1v) is 6.12. The molecule has 2 rings (SSSR count). The number of nitrogens with one attached hydrogen (secondary N) is 1. The van der Waals surface area contributed by atoms with Gasteiger partial charge in [0.05, 0.1) is 5.71 Å². The van der Waals surface area contributed by atoms with Gasteiger partial charge in [0.25, 0.3) is 5.91 Å². The zero-order valence-corrected chi connectivity index (χ0v) is 11.3. The topological polar surface area (TPSA) is 74.6 Å². The lowest BCUT2D eigenvalue weighted by atomic mass is 10.1. The molecule has 0 atom stereocenters. The number of phenolic OH excluding ortho intramolecular Hbond substituents is 1. The molecule has 1 amide bonds. The highest BCUT2D eigenvalue weighted by Crippen LogP contribution is 2.18. The fourth-order valence-electron chi connectivity index (χ4n) is 1.70. The molecule has 1 aromatic carbocycles. The van der Waals surface area contributed by atoms with Crippen LogP contribution in [0.2, 0.25) is 0 Å². The molecule has 0 aliphatic carbocycles. The highest BCUT2D eigenvalue weighted by atomic mass is 16.3. The van der Waals surface area contributed by atoms with E-state index in [9.17, 15) is 9.90 Å². The van der Waals surface area contributed by atoms with E-state index < -0.39 is 0 Å². The van der Waals surface area contributed by atoms with E-state index >= 15 is 0 Å². The third-order valence-electron chi connectivity index (χ3n) is 2.81. The smallest absolute Gasteiger partial charge is 0.271 e. The van der Waals surface area contributed by atoms with Crippen LogP contribution < -0.4 is 5.43 Å². The number of amides is 1. The predicted octanol–water partition coefficient (Wildman–Crippen LogP) is 2.25. The average Bonchev–Trinajstić information content (AvgIpc) is 2.47. The van der Waals surface area contributed by atoms with Crippen molar-refractivity contribution in [3.63, 3.8) is 0 Å². The number of phenols is 1. The number of nitrogens with zero attached hydrogens (tertiary/aromatic N) is 2. The molecule has 0 fully saturated rings. The zero-order valence-electron chi connectivity index (χ0n) is 11.3. The zero-order chi connectivity index (χ0) is 14.5. The van der Waals surface area contributed by atoms with Gasteiger partial charge in [-0.3, -0.25) is 9.78 Å². The number of carbonyl (C=O) groups excluding carboxylic acids is 1. The van der Waals surface area contributed by atoms with Gasteiger partial charge in [-0.1, -0.05) is 11.6 Å². The molecule has 0 aliphatic rings. The van der Waals surface area contributed by atoms with Crippen LogP contribution in [-0.4, -0.2) is 21.7 Å². The summed E-state index contributed by atoms with van der Waals surface area (Å²) in [6, 6.07) is 8.43. The van der Waals surface area contributed by atoms with Crippen molar-refractivity contribution in [2.45, 2.75) is 13.8 Å². The molecule has 2 aromatic rings. The normalized spacial score (nSPS) is 11.2. The number of aromatic nitrogens is 1. The molecular formula is C15H15N3O2. The van der Waals surface area contributed by atoms with Gasteiger partial charge in [-0.25, -0.2) is 5.43 Å².